The first-order valence-electron chi connectivity index (χ1n) is 7.34. The van der Waals surface area contributed by atoms with Crippen LogP contribution >= 0.6 is 15.9 Å². The van der Waals surface area contributed by atoms with E-state index < -0.39 is 0 Å². The molecule has 24 heavy (non-hydrogen) atoms. The second kappa shape index (κ2) is 6.53. The number of halogens is 1. The van der Waals surface area contributed by atoms with E-state index >= 15 is 0 Å². The van der Waals surface area contributed by atoms with Crippen LogP contribution < -0.4 is 9.64 Å². The van der Waals surface area contributed by atoms with E-state index in [1.807, 2.05) is 30.3 Å². The molecule has 0 radical (unpaired) electrons. The van der Waals surface area contributed by atoms with E-state index in [1.165, 1.54) is 4.90 Å². The van der Waals surface area contributed by atoms with Crippen molar-refractivity contribution in [1.29, 1.82) is 0 Å². The minimum Gasteiger partial charge on any atom is -0.507 e. The maximum Gasteiger partial charge on any atom is 0.261 e. The molecule has 5 heteroatoms. The molecule has 0 heterocycles. The van der Waals surface area contributed by atoms with E-state index in [4.69, 9.17) is 4.74 Å². The predicted octanol–water partition coefficient (Wildman–Crippen LogP) is 4.59. The van der Waals surface area contributed by atoms with Crippen molar-refractivity contribution in [2.75, 3.05) is 19.1 Å². The molecule has 0 atom stereocenters. The van der Waals surface area contributed by atoms with Crippen molar-refractivity contribution < 1.29 is 14.6 Å². The van der Waals surface area contributed by atoms with Crippen molar-refractivity contribution in [2.24, 2.45) is 0 Å². The molecule has 0 spiro atoms. The lowest BCUT2D eigenvalue weighted by atomic mass is 10.0. The standard InChI is InChI=1S/C19H16BrNO3/c1-21(16-5-3-4-6-18(16)24-2)19(23)15-10-13-9-14(20)8-7-12(13)11-17(15)22/h3-11,22H,1-2H3. The second-order valence-electron chi connectivity index (χ2n) is 5.40. The SMILES string of the molecule is COc1ccccc1N(C)C(=O)c1cc2cc(Br)ccc2cc1O. The van der Waals surface area contributed by atoms with E-state index in [2.05, 4.69) is 15.9 Å². The molecule has 1 amide bonds. The lowest BCUT2D eigenvalue weighted by molar-refractivity contribution is 0.0990. The summed E-state index contributed by atoms with van der Waals surface area (Å²) in [5.74, 6) is 0.242. The zero-order valence-electron chi connectivity index (χ0n) is 13.3. The lowest BCUT2D eigenvalue weighted by Crippen LogP contribution is -2.26. The molecule has 0 saturated heterocycles. The summed E-state index contributed by atoms with van der Waals surface area (Å²) in [5.41, 5.74) is 0.882. The van der Waals surface area contributed by atoms with Crippen LogP contribution in [0, 0.1) is 0 Å². The smallest absolute Gasteiger partial charge is 0.261 e. The van der Waals surface area contributed by atoms with Crippen LogP contribution in [0.4, 0.5) is 5.69 Å². The first kappa shape index (κ1) is 16.3. The molecule has 0 fully saturated rings. The third-order valence-corrected chi connectivity index (χ3v) is 4.39. The number of phenolic OH excluding ortho intramolecular Hbond substituents is 1. The molecular formula is C19H16BrNO3. The van der Waals surface area contributed by atoms with Crippen molar-refractivity contribution in [3.05, 3.63) is 64.6 Å². The fourth-order valence-electron chi connectivity index (χ4n) is 2.62. The largest absolute Gasteiger partial charge is 0.507 e. The van der Waals surface area contributed by atoms with Gasteiger partial charge in [-0.05, 0) is 47.2 Å². The van der Waals surface area contributed by atoms with Crippen molar-refractivity contribution in [2.45, 2.75) is 0 Å². The molecule has 1 N–H and O–H groups in total. The quantitative estimate of drug-likeness (QED) is 0.716. The van der Waals surface area contributed by atoms with Crippen LogP contribution in [0.1, 0.15) is 10.4 Å². The molecule has 3 aromatic rings. The number of rotatable bonds is 3. The summed E-state index contributed by atoms with van der Waals surface area (Å²) in [6.45, 7) is 0. The summed E-state index contributed by atoms with van der Waals surface area (Å²) >= 11 is 3.42. The summed E-state index contributed by atoms with van der Waals surface area (Å²) in [6, 6.07) is 16.2. The monoisotopic (exact) mass is 385 g/mol. The maximum atomic E-state index is 12.9. The van der Waals surface area contributed by atoms with Gasteiger partial charge in [-0.25, -0.2) is 0 Å². The predicted molar refractivity (Wildman–Crippen MR) is 99.0 cm³/mol. The van der Waals surface area contributed by atoms with Gasteiger partial charge in [-0.1, -0.05) is 34.1 Å². The van der Waals surface area contributed by atoms with Crippen molar-refractivity contribution in [3.63, 3.8) is 0 Å². The Balaban J connectivity index is 2.06. The molecule has 3 aromatic carbocycles. The molecule has 0 aliphatic rings. The van der Waals surface area contributed by atoms with Crippen LogP contribution in [-0.2, 0) is 0 Å². The first-order valence-corrected chi connectivity index (χ1v) is 8.14. The molecule has 3 rings (SSSR count). The molecule has 0 unspecified atom stereocenters. The Morgan fingerprint density at radius 3 is 2.58 bits per heavy atom. The number of carbonyl (C=O) groups is 1. The first-order chi connectivity index (χ1) is 11.5. The Bertz CT molecular complexity index is 924. The van der Waals surface area contributed by atoms with Gasteiger partial charge in [0.2, 0.25) is 0 Å². The molecule has 0 bridgehead atoms. The second-order valence-corrected chi connectivity index (χ2v) is 6.31. The van der Waals surface area contributed by atoms with Gasteiger partial charge in [0.25, 0.3) is 5.91 Å². The van der Waals surface area contributed by atoms with Gasteiger partial charge in [0.05, 0.1) is 18.4 Å². The van der Waals surface area contributed by atoms with Gasteiger partial charge in [0, 0.05) is 11.5 Å². The highest BCUT2D eigenvalue weighted by atomic mass is 79.9. The number of phenols is 1. The van der Waals surface area contributed by atoms with E-state index in [-0.39, 0.29) is 17.2 Å². The van der Waals surface area contributed by atoms with E-state index in [1.54, 1.807) is 38.4 Å². The Hall–Kier alpha value is -2.53. The molecule has 122 valence electrons. The van der Waals surface area contributed by atoms with Crippen LogP contribution in [0.5, 0.6) is 11.5 Å². The normalized spacial score (nSPS) is 10.6. The number of hydrogen-bond acceptors (Lipinski definition) is 3. The minimum absolute atomic E-state index is 0.0448. The Morgan fingerprint density at radius 2 is 1.83 bits per heavy atom. The van der Waals surface area contributed by atoms with Gasteiger partial charge < -0.3 is 14.7 Å². The van der Waals surface area contributed by atoms with Gasteiger partial charge in [-0.2, -0.15) is 0 Å². The van der Waals surface area contributed by atoms with E-state index in [0.29, 0.717) is 11.4 Å². The van der Waals surface area contributed by atoms with Gasteiger partial charge in [0.1, 0.15) is 11.5 Å². The number of hydrogen-bond donors (Lipinski definition) is 1. The van der Waals surface area contributed by atoms with Gasteiger partial charge in [-0.3, -0.25) is 4.79 Å². The van der Waals surface area contributed by atoms with Crippen LogP contribution in [0.25, 0.3) is 10.8 Å². The summed E-state index contributed by atoms with van der Waals surface area (Å²) < 4.78 is 6.22. The van der Waals surface area contributed by atoms with Crippen LogP contribution in [0.2, 0.25) is 0 Å². The highest BCUT2D eigenvalue weighted by Gasteiger charge is 2.20. The number of fused-ring (bicyclic) bond motifs is 1. The number of benzene rings is 3. The van der Waals surface area contributed by atoms with Crippen molar-refractivity contribution >= 4 is 38.3 Å². The Labute approximate surface area is 148 Å². The Morgan fingerprint density at radius 1 is 1.08 bits per heavy atom. The molecule has 4 nitrogen and oxygen atoms in total. The fraction of sp³-hybridized carbons (Fsp3) is 0.105. The van der Waals surface area contributed by atoms with Gasteiger partial charge in [0.15, 0.2) is 0 Å². The van der Waals surface area contributed by atoms with E-state index in [0.717, 1.165) is 15.2 Å². The topological polar surface area (TPSA) is 49.8 Å². The summed E-state index contributed by atoms with van der Waals surface area (Å²) in [7, 11) is 3.22. The number of carbonyl (C=O) groups excluding carboxylic acids is 1. The van der Waals surface area contributed by atoms with Crippen molar-refractivity contribution in [1.82, 2.24) is 0 Å². The minimum atomic E-state index is -0.307. The zero-order valence-corrected chi connectivity index (χ0v) is 14.9. The lowest BCUT2D eigenvalue weighted by Gasteiger charge is -2.20. The zero-order chi connectivity index (χ0) is 17.3. The van der Waals surface area contributed by atoms with Crippen molar-refractivity contribution in [3.8, 4) is 11.5 Å². The summed E-state index contributed by atoms with van der Waals surface area (Å²) in [4.78, 5) is 14.3. The third kappa shape index (κ3) is 2.95. The maximum absolute atomic E-state index is 12.9. The average molecular weight is 386 g/mol. The number of nitrogens with zero attached hydrogens (tertiary/aromatic N) is 1. The number of methoxy groups -OCH3 is 1. The van der Waals surface area contributed by atoms with Crippen LogP contribution in [0.3, 0.4) is 0 Å². The number of anilines is 1. The number of para-hydroxylation sites is 2. The number of ether oxygens (including phenoxy) is 1. The molecule has 0 aliphatic carbocycles. The number of amides is 1. The highest BCUT2D eigenvalue weighted by Crippen LogP contribution is 2.32. The number of aromatic hydroxyl groups is 1. The van der Waals surface area contributed by atoms with E-state index in [9.17, 15) is 9.90 Å². The summed E-state index contributed by atoms with van der Waals surface area (Å²) in [5, 5.41) is 12.0. The average Bonchev–Trinajstić information content (AvgIpc) is 2.60. The van der Waals surface area contributed by atoms with Gasteiger partial charge in [-0.15, -0.1) is 0 Å². The fourth-order valence-corrected chi connectivity index (χ4v) is 3.00. The molecular weight excluding hydrogens is 370 g/mol. The Kier molecular flexibility index (Phi) is 4.44. The molecule has 0 aliphatic heterocycles. The van der Waals surface area contributed by atoms with Crippen LogP contribution in [-0.4, -0.2) is 25.2 Å². The van der Waals surface area contributed by atoms with Crippen LogP contribution in [0.15, 0.2) is 59.1 Å². The molecule has 0 saturated carbocycles. The summed E-state index contributed by atoms with van der Waals surface area (Å²) in [6.07, 6.45) is 0. The molecule has 0 aromatic heterocycles. The third-order valence-electron chi connectivity index (χ3n) is 3.90. The van der Waals surface area contributed by atoms with Gasteiger partial charge >= 0.3 is 0 Å². The highest BCUT2D eigenvalue weighted by molar-refractivity contribution is 9.10.